The molecule has 0 saturated heterocycles. The summed E-state index contributed by atoms with van der Waals surface area (Å²) >= 11 is 4.92. The summed E-state index contributed by atoms with van der Waals surface area (Å²) in [7, 11) is 0. The average Bonchev–Trinajstić information content (AvgIpc) is 1.86. The van der Waals surface area contributed by atoms with Gasteiger partial charge < -0.3 is 0 Å². The highest BCUT2D eigenvalue weighted by Gasteiger charge is 1.96. The number of hydrogen-bond donors (Lipinski definition) is 1. The van der Waals surface area contributed by atoms with Gasteiger partial charge in [-0.15, -0.1) is 0 Å². The van der Waals surface area contributed by atoms with Crippen LogP contribution in [0.2, 0.25) is 0 Å². The maximum absolute atomic E-state index is 3.30. The van der Waals surface area contributed by atoms with E-state index in [4.69, 9.17) is 0 Å². The molecule has 0 bridgehead atoms. The fourth-order valence-electron chi connectivity index (χ4n) is 0.274. The quantitative estimate of drug-likeness (QED) is 0.547. The van der Waals surface area contributed by atoms with Crippen molar-refractivity contribution in [2.45, 2.75) is 0 Å². The van der Waals surface area contributed by atoms with Gasteiger partial charge in [0.2, 0.25) is 0 Å². The van der Waals surface area contributed by atoms with E-state index < -0.39 is 0 Å². The third kappa shape index (κ3) is 0.996. The van der Waals surface area contributed by atoms with E-state index in [1.807, 2.05) is 0 Å². The largest absolute Gasteiger partial charge is 0.256 e. The lowest BCUT2D eigenvalue weighted by atomic mass is 10.7. The first kappa shape index (κ1) is 4.68. The fraction of sp³-hybridized carbons (Fsp3) is 0.333. The van der Waals surface area contributed by atoms with E-state index in [0.29, 0.717) is 0 Å². The first-order valence-electron chi connectivity index (χ1n) is 1.65. The van der Waals surface area contributed by atoms with Gasteiger partial charge in [-0.1, -0.05) is 0 Å². The van der Waals surface area contributed by atoms with Crippen molar-refractivity contribution in [2.75, 3.05) is 6.54 Å². The van der Waals surface area contributed by atoms with Crippen molar-refractivity contribution in [3.63, 3.8) is 0 Å². The van der Waals surface area contributed by atoms with Gasteiger partial charge in [0.25, 0.3) is 0 Å². The Kier molecular flexibility index (Phi) is 1.56. The molecule has 1 heterocycles. The third-order valence-electron chi connectivity index (χ3n) is 0.516. The van der Waals surface area contributed by atoms with E-state index in [1.54, 1.807) is 11.9 Å². The van der Waals surface area contributed by atoms with Crippen LogP contribution in [0.25, 0.3) is 0 Å². The summed E-state index contributed by atoms with van der Waals surface area (Å²) in [5.74, 6) is 0. The summed E-state index contributed by atoms with van der Waals surface area (Å²) in [6.45, 7) is 0.991. The standard InChI is InChI=1S/C3H4BrNS/c4-3-1-2-5-6-3/h1,5H,2H2. The van der Waals surface area contributed by atoms with Gasteiger partial charge in [-0.05, 0) is 34.0 Å². The van der Waals surface area contributed by atoms with Crippen LogP contribution in [0, 0.1) is 0 Å². The molecule has 1 aliphatic heterocycles. The van der Waals surface area contributed by atoms with Crippen molar-refractivity contribution in [1.29, 1.82) is 0 Å². The van der Waals surface area contributed by atoms with Gasteiger partial charge in [-0.2, -0.15) is 0 Å². The molecular weight excluding hydrogens is 162 g/mol. The molecule has 1 aliphatic rings. The third-order valence-corrected chi connectivity index (χ3v) is 2.00. The number of hydrogen-bond acceptors (Lipinski definition) is 2. The molecule has 1 nitrogen and oxygen atoms in total. The molecule has 0 aromatic carbocycles. The Morgan fingerprint density at radius 3 is 3.00 bits per heavy atom. The van der Waals surface area contributed by atoms with Gasteiger partial charge in [-0.25, -0.2) is 0 Å². The molecule has 34 valence electrons. The predicted octanol–water partition coefficient (Wildman–Crippen LogP) is 1.47. The molecule has 6 heavy (non-hydrogen) atoms. The molecule has 0 radical (unpaired) electrons. The Hall–Kier alpha value is 0.530. The molecule has 0 atom stereocenters. The van der Waals surface area contributed by atoms with Gasteiger partial charge in [-0.3, -0.25) is 4.72 Å². The summed E-state index contributed by atoms with van der Waals surface area (Å²) < 4.78 is 4.25. The van der Waals surface area contributed by atoms with E-state index in [9.17, 15) is 0 Å². The predicted molar refractivity (Wildman–Crippen MR) is 32.6 cm³/mol. The fourth-order valence-corrected chi connectivity index (χ4v) is 1.25. The van der Waals surface area contributed by atoms with Crippen molar-refractivity contribution in [3.05, 3.63) is 9.89 Å². The van der Waals surface area contributed by atoms with Crippen LogP contribution in [0.1, 0.15) is 0 Å². The molecule has 0 spiro atoms. The number of nitrogens with one attached hydrogen (secondary N) is 1. The van der Waals surface area contributed by atoms with Gasteiger partial charge in [0.05, 0.1) is 3.81 Å². The highest BCUT2D eigenvalue weighted by Crippen LogP contribution is 2.21. The summed E-state index contributed by atoms with van der Waals surface area (Å²) in [5, 5.41) is 0. The van der Waals surface area contributed by atoms with Crippen LogP contribution in [0.5, 0.6) is 0 Å². The first-order chi connectivity index (χ1) is 2.89. The topological polar surface area (TPSA) is 12.0 Å². The summed E-state index contributed by atoms with van der Waals surface area (Å²) in [5.41, 5.74) is 0. The van der Waals surface area contributed by atoms with Crippen molar-refractivity contribution >= 4 is 27.9 Å². The minimum atomic E-state index is 0.991. The minimum Gasteiger partial charge on any atom is -0.256 e. The van der Waals surface area contributed by atoms with Crippen LogP contribution in [-0.4, -0.2) is 6.54 Å². The zero-order chi connectivity index (χ0) is 4.41. The molecule has 0 unspecified atom stereocenters. The summed E-state index contributed by atoms with van der Waals surface area (Å²) in [6.07, 6.45) is 2.09. The molecule has 0 aromatic heterocycles. The Labute approximate surface area is 49.4 Å². The molecule has 1 rings (SSSR count). The van der Waals surface area contributed by atoms with Gasteiger partial charge in [0.15, 0.2) is 0 Å². The summed E-state index contributed by atoms with van der Waals surface area (Å²) in [6, 6.07) is 0. The Morgan fingerprint density at radius 2 is 2.83 bits per heavy atom. The molecule has 1 N–H and O–H groups in total. The average molecular weight is 166 g/mol. The van der Waals surface area contributed by atoms with Gasteiger partial charge in [0, 0.05) is 6.54 Å². The molecular formula is C3H4BrNS. The van der Waals surface area contributed by atoms with Crippen LogP contribution < -0.4 is 4.72 Å². The van der Waals surface area contributed by atoms with Gasteiger partial charge >= 0.3 is 0 Å². The Bertz CT molecular complexity index is 80.9. The van der Waals surface area contributed by atoms with Crippen LogP contribution in [0.3, 0.4) is 0 Å². The van der Waals surface area contributed by atoms with E-state index >= 15 is 0 Å². The minimum absolute atomic E-state index is 0.991. The van der Waals surface area contributed by atoms with E-state index in [0.717, 1.165) is 6.54 Å². The molecule has 0 aliphatic carbocycles. The van der Waals surface area contributed by atoms with Crippen LogP contribution in [0.4, 0.5) is 0 Å². The molecule has 0 fully saturated rings. The van der Waals surface area contributed by atoms with Crippen LogP contribution in [0.15, 0.2) is 9.89 Å². The second kappa shape index (κ2) is 2.00. The normalized spacial score (nSPS) is 21.2. The van der Waals surface area contributed by atoms with Gasteiger partial charge in [0.1, 0.15) is 0 Å². The van der Waals surface area contributed by atoms with E-state index in [2.05, 4.69) is 26.7 Å². The lowest BCUT2D eigenvalue weighted by Gasteiger charge is -1.80. The monoisotopic (exact) mass is 165 g/mol. The highest BCUT2D eigenvalue weighted by atomic mass is 79.9. The second-order valence-corrected chi connectivity index (χ2v) is 3.27. The van der Waals surface area contributed by atoms with E-state index in [1.165, 1.54) is 3.81 Å². The van der Waals surface area contributed by atoms with Crippen molar-refractivity contribution in [1.82, 2.24) is 4.72 Å². The Morgan fingerprint density at radius 1 is 2.00 bits per heavy atom. The maximum atomic E-state index is 3.30. The number of halogens is 1. The lowest BCUT2D eigenvalue weighted by Crippen LogP contribution is -1.92. The van der Waals surface area contributed by atoms with Crippen molar-refractivity contribution in [2.24, 2.45) is 0 Å². The number of rotatable bonds is 0. The summed E-state index contributed by atoms with van der Waals surface area (Å²) in [4.78, 5) is 0. The molecule has 0 saturated carbocycles. The first-order valence-corrected chi connectivity index (χ1v) is 3.26. The second-order valence-electron chi connectivity index (χ2n) is 0.959. The van der Waals surface area contributed by atoms with E-state index in [-0.39, 0.29) is 0 Å². The smallest absolute Gasteiger partial charge is 0.0630 e. The Balaban J connectivity index is 2.45. The zero-order valence-electron chi connectivity index (χ0n) is 3.07. The van der Waals surface area contributed by atoms with Crippen LogP contribution in [-0.2, 0) is 0 Å². The SMILES string of the molecule is BrC1=CCNS1. The van der Waals surface area contributed by atoms with Crippen LogP contribution >= 0.6 is 27.9 Å². The lowest BCUT2D eigenvalue weighted by molar-refractivity contribution is 1.16. The molecule has 3 heteroatoms. The zero-order valence-corrected chi connectivity index (χ0v) is 5.47. The maximum Gasteiger partial charge on any atom is 0.0630 e. The molecule has 0 amide bonds. The van der Waals surface area contributed by atoms with Crippen molar-refractivity contribution < 1.29 is 0 Å². The van der Waals surface area contributed by atoms with Crippen molar-refractivity contribution in [3.8, 4) is 0 Å². The molecule has 0 aromatic rings. The highest BCUT2D eigenvalue weighted by molar-refractivity contribution is 9.14.